The average molecular weight is 252 g/mol. The molecule has 2 aromatic rings. The molecular weight excluding hydrogens is 238 g/mol. The number of aromatic nitrogens is 3. The fourth-order valence-corrected chi connectivity index (χ4v) is 1.84. The number of hydrogen-bond donors (Lipinski definition) is 0. The summed E-state index contributed by atoms with van der Waals surface area (Å²) in [5.41, 5.74) is 2.81. The molecule has 2 heterocycles. The highest BCUT2D eigenvalue weighted by atomic mass is 35.5. The van der Waals surface area contributed by atoms with Crippen LogP contribution in [0.15, 0.2) is 18.2 Å². The first-order valence-electron chi connectivity index (χ1n) is 5.31. The number of ether oxygens (including phenoxy) is 1. The van der Waals surface area contributed by atoms with Gasteiger partial charge in [-0.1, -0.05) is 6.07 Å². The van der Waals surface area contributed by atoms with E-state index in [0.717, 1.165) is 17.0 Å². The van der Waals surface area contributed by atoms with Crippen molar-refractivity contribution in [1.82, 2.24) is 14.8 Å². The zero-order valence-electron chi connectivity index (χ0n) is 10.1. The first-order valence-corrected chi connectivity index (χ1v) is 5.84. The maximum atomic E-state index is 5.78. The van der Waals surface area contributed by atoms with E-state index in [9.17, 15) is 0 Å². The summed E-state index contributed by atoms with van der Waals surface area (Å²) in [7, 11) is 1.84. The Morgan fingerprint density at radius 2 is 2.12 bits per heavy atom. The Bertz CT molecular complexity index is 537. The molecule has 0 saturated carbocycles. The number of nitrogens with zero attached hydrogens (tertiary/aromatic N) is 3. The minimum Gasteiger partial charge on any atom is -0.421 e. The summed E-state index contributed by atoms with van der Waals surface area (Å²) in [5, 5.41) is 4.21. The molecule has 2 aromatic heterocycles. The van der Waals surface area contributed by atoms with Crippen molar-refractivity contribution in [1.29, 1.82) is 0 Å². The molecule has 4 nitrogen and oxygen atoms in total. The molecule has 0 N–H and O–H groups in total. The zero-order valence-corrected chi connectivity index (χ0v) is 10.8. The largest absolute Gasteiger partial charge is 0.421 e. The summed E-state index contributed by atoms with van der Waals surface area (Å²) in [4.78, 5) is 4.34. The van der Waals surface area contributed by atoms with Crippen LogP contribution >= 0.6 is 11.6 Å². The molecule has 0 atom stereocenters. The number of pyridine rings is 1. The molecule has 2 rings (SSSR count). The van der Waals surface area contributed by atoms with Crippen LogP contribution < -0.4 is 4.74 Å². The molecule has 0 aliphatic carbocycles. The Labute approximate surface area is 105 Å². The van der Waals surface area contributed by atoms with Gasteiger partial charge in [0.05, 0.1) is 5.69 Å². The van der Waals surface area contributed by atoms with E-state index in [1.165, 1.54) is 0 Å². The quantitative estimate of drug-likeness (QED) is 0.788. The van der Waals surface area contributed by atoms with Gasteiger partial charge in [0.15, 0.2) is 0 Å². The average Bonchev–Trinajstić information content (AvgIpc) is 2.58. The van der Waals surface area contributed by atoms with E-state index in [2.05, 4.69) is 10.1 Å². The van der Waals surface area contributed by atoms with Gasteiger partial charge in [0.25, 0.3) is 0 Å². The second-order valence-corrected chi connectivity index (χ2v) is 4.14. The molecule has 0 aliphatic heterocycles. The van der Waals surface area contributed by atoms with Gasteiger partial charge >= 0.3 is 0 Å². The van der Waals surface area contributed by atoms with E-state index in [4.69, 9.17) is 16.3 Å². The molecular formula is C12H14ClN3O. The molecule has 0 spiro atoms. The van der Waals surface area contributed by atoms with Crippen molar-refractivity contribution in [3.8, 4) is 11.8 Å². The van der Waals surface area contributed by atoms with Gasteiger partial charge in [-0.25, -0.2) is 9.67 Å². The third kappa shape index (κ3) is 2.58. The molecule has 0 aliphatic rings. The third-order valence-corrected chi connectivity index (χ3v) is 2.77. The predicted octanol–water partition coefficient (Wildman–Crippen LogP) is 2.96. The Kier molecular flexibility index (Phi) is 3.33. The van der Waals surface area contributed by atoms with Gasteiger partial charge < -0.3 is 4.74 Å². The maximum absolute atomic E-state index is 5.78. The number of alkyl halides is 1. The van der Waals surface area contributed by atoms with Gasteiger partial charge in [0.2, 0.25) is 11.8 Å². The molecule has 0 unspecified atom stereocenters. The van der Waals surface area contributed by atoms with Crippen molar-refractivity contribution in [3.63, 3.8) is 0 Å². The van der Waals surface area contributed by atoms with Crippen molar-refractivity contribution in [2.24, 2.45) is 7.05 Å². The van der Waals surface area contributed by atoms with E-state index >= 15 is 0 Å². The summed E-state index contributed by atoms with van der Waals surface area (Å²) in [6, 6.07) is 5.60. The van der Waals surface area contributed by atoms with Gasteiger partial charge in [-0.3, -0.25) is 0 Å². The number of hydrogen-bond acceptors (Lipinski definition) is 3. The molecule has 0 saturated heterocycles. The SMILES string of the molecule is Cc1cc(Oc2ccc(CCl)c(C)n2)n(C)n1. The minimum absolute atomic E-state index is 0.462. The summed E-state index contributed by atoms with van der Waals surface area (Å²) in [6.45, 7) is 3.83. The van der Waals surface area contributed by atoms with Crippen molar-refractivity contribution < 1.29 is 4.74 Å². The molecule has 5 heteroatoms. The molecule has 0 aromatic carbocycles. The highest BCUT2D eigenvalue weighted by molar-refractivity contribution is 6.17. The van der Waals surface area contributed by atoms with Crippen LogP contribution in [0.3, 0.4) is 0 Å². The van der Waals surface area contributed by atoms with Gasteiger partial charge in [-0.05, 0) is 19.4 Å². The predicted molar refractivity (Wildman–Crippen MR) is 66.6 cm³/mol. The normalized spacial score (nSPS) is 10.6. The Hall–Kier alpha value is -1.55. The third-order valence-electron chi connectivity index (χ3n) is 2.48. The van der Waals surface area contributed by atoms with Crippen LogP contribution in [-0.4, -0.2) is 14.8 Å². The Morgan fingerprint density at radius 3 is 2.65 bits per heavy atom. The second kappa shape index (κ2) is 4.75. The molecule has 0 radical (unpaired) electrons. The summed E-state index contributed by atoms with van der Waals surface area (Å²) in [5.74, 6) is 1.69. The lowest BCUT2D eigenvalue weighted by Gasteiger charge is -2.06. The van der Waals surface area contributed by atoms with E-state index < -0.39 is 0 Å². The van der Waals surface area contributed by atoms with E-state index in [0.29, 0.717) is 17.6 Å². The van der Waals surface area contributed by atoms with E-state index in [-0.39, 0.29) is 0 Å². The van der Waals surface area contributed by atoms with Crippen LogP contribution in [0.1, 0.15) is 17.0 Å². The van der Waals surface area contributed by atoms with Crippen molar-refractivity contribution in [2.45, 2.75) is 19.7 Å². The number of rotatable bonds is 3. The van der Waals surface area contributed by atoms with Crippen LogP contribution in [0.2, 0.25) is 0 Å². The lowest BCUT2D eigenvalue weighted by atomic mass is 10.2. The van der Waals surface area contributed by atoms with Crippen LogP contribution in [0.25, 0.3) is 0 Å². The Balaban J connectivity index is 2.24. The van der Waals surface area contributed by atoms with Crippen LogP contribution in [0.5, 0.6) is 11.8 Å². The fraction of sp³-hybridized carbons (Fsp3) is 0.333. The van der Waals surface area contributed by atoms with Gasteiger partial charge in [-0.2, -0.15) is 5.10 Å². The maximum Gasteiger partial charge on any atom is 0.221 e. The minimum atomic E-state index is 0.462. The van der Waals surface area contributed by atoms with Crippen molar-refractivity contribution in [3.05, 3.63) is 35.2 Å². The lowest BCUT2D eigenvalue weighted by Crippen LogP contribution is -1.98. The van der Waals surface area contributed by atoms with Crippen molar-refractivity contribution in [2.75, 3.05) is 0 Å². The number of halogens is 1. The molecule has 0 amide bonds. The fourth-order valence-electron chi connectivity index (χ4n) is 1.55. The van der Waals surface area contributed by atoms with Gasteiger partial charge in [-0.15, -0.1) is 11.6 Å². The summed E-state index contributed by atoms with van der Waals surface area (Å²) < 4.78 is 7.34. The highest BCUT2D eigenvalue weighted by Gasteiger charge is 2.07. The van der Waals surface area contributed by atoms with E-state index in [1.54, 1.807) is 4.68 Å². The number of aryl methyl sites for hydroxylation is 3. The lowest BCUT2D eigenvalue weighted by molar-refractivity contribution is 0.414. The van der Waals surface area contributed by atoms with Gasteiger partial charge in [0.1, 0.15) is 0 Å². The van der Waals surface area contributed by atoms with Crippen molar-refractivity contribution >= 4 is 11.6 Å². The van der Waals surface area contributed by atoms with E-state index in [1.807, 2.05) is 39.1 Å². The second-order valence-electron chi connectivity index (χ2n) is 3.88. The summed E-state index contributed by atoms with van der Waals surface area (Å²) >= 11 is 5.78. The van der Waals surface area contributed by atoms with Gasteiger partial charge in [0, 0.05) is 30.8 Å². The molecule has 0 bridgehead atoms. The zero-order chi connectivity index (χ0) is 12.4. The first kappa shape index (κ1) is 11.9. The smallest absolute Gasteiger partial charge is 0.221 e. The Morgan fingerprint density at radius 1 is 1.35 bits per heavy atom. The molecule has 90 valence electrons. The topological polar surface area (TPSA) is 39.9 Å². The van der Waals surface area contributed by atoms with Crippen LogP contribution in [-0.2, 0) is 12.9 Å². The molecule has 0 fully saturated rings. The van der Waals surface area contributed by atoms with Crippen LogP contribution in [0, 0.1) is 13.8 Å². The van der Waals surface area contributed by atoms with Crippen LogP contribution in [0.4, 0.5) is 0 Å². The monoisotopic (exact) mass is 251 g/mol. The highest BCUT2D eigenvalue weighted by Crippen LogP contribution is 2.21. The molecule has 17 heavy (non-hydrogen) atoms. The first-order chi connectivity index (χ1) is 8.10. The standard InChI is InChI=1S/C12H14ClN3O/c1-8-6-12(16(3)15-8)17-11-5-4-10(7-13)9(2)14-11/h4-6H,7H2,1-3H3. The summed E-state index contributed by atoms with van der Waals surface area (Å²) in [6.07, 6.45) is 0.